The van der Waals surface area contributed by atoms with E-state index in [-0.39, 0.29) is 6.04 Å². The zero-order valence-electron chi connectivity index (χ0n) is 7.10. The van der Waals surface area contributed by atoms with E-state index >= 15 is 0 Å². The predicted molar refractivity (Wildman–Crippen MR) is 65.0 cm³/mol. The lowest BCUT2D eigenvalue weighted by Crippen LogP contribution is -2.18. The lowest BCUT2D eigenvalue weighted by Gasteiger charge is -2.09. The second-order valence-corrected chi connectivity index (χ2v) is 6.19. The molecule has 1 aromatic rings. The Kier molecular flexibility index (Phi) is 4.47. The molecule has 1 unspecified atom stereocenters. The molecular weight excluding hydrogens is 314 g/mol. The Morgan fingerprint density at radius 2 is 2.38 bits per heavy atom. The van der Waals surface area contributed by atoms with Gasteiger partial charge in [0.2, 0.25) is 0 Å². The molecule has 0 spiro atoms. The van der Waals surface area contributed by atoms with Crippen LogP contribution >= 0.6 is 43.2 Å². The van der Waals surface area contributed by atoms with Gasteiger partial charge in [0.1, 0.15) is 0 Å². The van der Waals surface area contributed by atoms with Crippen LogP contribution in [-0.4, -0.2) is 6.54 Å². The van der Waals surface area contributed by atoms with Gasteiger partial charge in [-0.15, -0.1) is 17.8 Å². The van der Waals surface area contributed by atoms with Crippen LogP contribution in [-0.2, 0) is 0 Å². The monoisotopic (exact) mass is 321 g/mol. The number of nitrogens with one attached hydrogen (secondary N) is 1. The lowest BCUT2D eigenvalue weighted by atomic mass is 10.1. The number of rotatable bonds is 3. The number of hydrogen-bond donors (Lipinski definition) is 1. The van der Waals surface area contributed by atoms with Crippen molar-refractivity contribution in [3.05, 3.63) is 19.2 Å². The van der Waals surface area contributed by atoms with Gasteiger partial charge in [-0.25, -0.2) is 0 Å². The van der Waals surface area contributed by atoms with Crippen molar-refractivity contribution in [3.63, 3.8) is 0 Å². The Balaban J connectivity index is 2.92. The van der Waals surface area contributed by atoms with E-state index in [1.54, 1.807) is 11.3 Å². The van der Waals surface area contributed by atoms with Crippen LogP contribution in [0.2, 0.25) is 0 Å². The number of hydrogen-bond acceptors (Lipinski definition) is 2. The van der Waals surface area contributed by atoms with E-state index in [9.17, 15) is 0 Å². The fourth-order valence-electron chi connectivity index (χ4n) is 1.01. The number of halogens is 2. The van der Waals surface area contributed by atoms with Gasteiger partial charge in [0.15, 0.2) is 0 Å². The molecule has 0 saturated heterocycles. The van der Waals surface area contributed by atoms with Gasteiger partial charge >= 0.3 is 0 Å². The molecule has 1 heterocycles. The van der Waals surface area contributed by atoms with Crippen molar-refractivity contribution in [3.8, 4) is 12.3 Å². The maximum atomic E-state index is 5.43. The first kappa shape index (κ1) is 11.3. The van der Waals surface area contributed by atoms with Crippen LogP contribution in [0.3, 0.4) is 0 Å². The molecule has 0 aromatic carbocycles. The molecule has 1 atom stereocenters. The Morgan fingerprint density at radius 3 is 2.77 bits per heavy atom. The summed E-state index contributed by atoms with van der Waals surface area (Å²) in [7, 11) is 0. The third-order valence-corrected chi connectivity index (χ3v) is 3.95. The Hall–Kier alpha value is 0.180. The second kappa shape index (κ2) is 5.16. The van der Waals surface area contributed by atoms with Gasteiger partial charge in [-0.05, 0) is 44.5 Å². The molecule has 1 N–H and O–H groups in total. The molecule has 4 heteroatoms. The normalized spacial score (nSPS) is 12.5. The lowest BCUT2D eigenvalue weighted by molar-refractivity contribution is 0.665. The zero-order chi connectivity index (χ0) is 9.84. The predicted octanol–water partition coefficient (Wildman–Crippen LogP) is 3.56. The number of terminal acetylenes is 1. The van der Waals surface area contributed by atoms with Gasteiger partial charge in [0.05, 0.1) is 13.6 Å². The first-order chi connectivity index (χ1) is 6.19. The highest BCUT2D eigenvalue weighted by atomic mass is 79.9. The highest BCUT2D eigenvalue weighted by Gasteiger charge is 2.13. The molecule has 0 bridgehead atoms. The van der Waals surface area contributed by atoms with Crippen molar-refractivity contribution in [2.24, 2.45) is 0 Å². The molecular formula is C9H9Br2NS. The van der Waals surface area contributed by atoms with Gasteiger partial charge in [-0.3, -0.25) is 0 Å². The third-order valence-electron chi connectivity index (χ3n) is 1.57. The van der Waals surface area contributed by atoms with Gasteiger partial charge in [-0.1, -0.05) is 12.8 Å². The highest BCUT2D eigenvalue weighted by molar-refractivity contribution is 9.12. The van der Waals surface area contributed by atoms with Crippen LogP contribution in [0.25, 0.3) is 0 Å². The summed E-state index contributed by atoms with van der Waals surface area (Å²) in [4.78, 5) is 0. The first-order valence-electron chi connectivity index (χ1n) is 3.83. The van der Waals surface area contributed by atoms with Crippen LogP contribution < -0.4 is 5.32 Å². The molecule has 0 aliphatic rings. The SMILES string of the molecule is C#CC(NCC)c1cc(Br)sc1Br. The summed E-state index contributed by atoms with van der Waals surface area (Å²) in [5.74, 6) is 2.72. The fourth-order valence-corrected chi connectivity index (χ4v) is 3.91. The van der Waals surface area contributed by atoms with Gasteiger partial charge < -0.3 is 5.32 Å². The summed E-state index contributed by atoms with van der Waals surface area (Å²) in [6, 6.07) is 2.05. The van der Waals surface area contributed by atoms with E-state index in [1.807, 2.05) is 13.0 Å². The molecule has 0 radical (unpaired) electrons. The zero-order valence-corrected chi connectivity index (χ0v) is 11.1. The molecule has 1 aromatic heterocycles. The van der Waals surface area contributed by atoms with Crippen LogP contribution in [0.1, 0.15) is 18.5 Å². The minimum Gasteiger partial charge on any atom is -0.300 e. The van der Waals surface area contributed by atoms with Crippen molar-refractivity contribution < 1.29 is 0 Å². The highest BCUT2D eigenvalue weighted by Crippen LogP contribution is 2.35. The van der Waals surface area contributed by atoms with Crippen molar-refractivity contribution in [2.75, 3.05) is 6.54 Å². The molecule has 0 aliphatic heterocycles. The van der Waals surface area contributed by atoms with Gasteiger partial charge in [0.25, 0.3) is 0 Å². The van der Waals surface area contributed by atoms with E-state index < -0.39 is 0 Å². The van der Waals surface area contributed by atoms with E-state index in [1.165, 1.54) is 0 Å². The maximum Gasteiger partial charge on any atom is 0.0962 e. The largest absolute Gasteiger partial charge is 0.300 e. The van der Waals surface area contributed by atoms with E-state index in [2.05, 4.69) is 43.1 Å². The molecule has 1 nitrogen and oxygen atoms in total. The van der Waals surface area contributed by atoms with Crippen molar-refractivity contribution in [1.29, 1.82) is 0 Å². The Morgan fingerprint density at radius 1 is 1.69 bits per heavy atom. The summed E-state index contributed by atoms with van der Waals surface area (Å²) < 4.78 is 2.18. The van der Waals surface area contributed by atoms with E-state index in [0.717, 1.165) is 19.7 Å². The maximum absolute atomic E-state index is 5.43. The number of thiophene rings is 1. The smallest absolute Gasteiger partial charge is 0.0962 e. The Labute approximate surface area is 99.2 Å². The first-order valence-corrected chi connectivity index (χ1v) is 6.23. The van der Waals surface area contributed by atoms with Crippen LogP contribution in [0.4, 0.5) is 0 Å². The fraction of sp³-hybridized carbons (Fsp3) is 0.333. The molecule has 0 fully saturated rings. The van der Waals surface area contributed by atoms with Gasteiger partial charge in [-0.2, -0.15) is 0 Å². The molecule has 0 amide bonds. The summed E-state index contributed by atoms with van der Waals surface area (Å²) in [5, 5.41) is 3.22. The minimum absolute atomic E-state index is 0.00178. The van der Waals surface area contributed by atoms with E-state index in [0.29, 0.717) is 0 Å². The minimum atomic E-state index is 0.00178. The summed E-state index contributed by atoms with van der Waals surface area (Å²) in [6.07, 6.45) is 5.43. The molecule has 1 rings (SSSR count). The van der Waals surface area contributed by atoms with Crippen molar-refractivity contribution in [2.45, 2.75) is 13.0 Å². The summed E-state index contributed by atoms with van der Waals surface area (Å²) in [6.45, 7) is 2.91. The summed E-state index contributed by atoms with van der Waals surface area (Å²) in [5.41, 5.74) is 1.13. The standard InChI is InChI=1S/C9H9Br2NS/c1-3-7(12-4-2)6-5-8(10)13-9(6)11/h1,5,7,12H,4H2,2H3. The third kappa shape index (κ3) is 2.81. The van der Waals surface area contributed by atoms with Gasteiger partial charge in [0, 0.05) is 5.56 Å². The molecule has 0 saturated carbocycles. The van der Waals surface area contributed by atoms with Crippen LogP contribution in [0, 0.1) is 12.3 Å². The van der Waals surface area contributed by atoms with Crippen LogP contribution in [0.15, 0.2) is 13.6 Å². The van der Waals surface area contributed by atoms with Crippen LogP contribution in [0.5, 0.6) is 0 Å². The van der Waals surface area contributed by atoms with Crippen molar-refractivity contribution in [1.82, 2.24) is 5.32 Å². The molecule has 0 aliphatic carbocycles. The quantitative estimate of drug-likeness (QED) is 0.839. The van der Waals surface area contributed by atoms with E-state index in [4.69, 9.17) is 6.42 Å². The average molecular weight is 323 g/mol. The average Bonchev–Trinajstić information content (AvgIpc) is 2.41. The molecule has 13 heavy (non-hydrogen) atoms. The Bertz CT molecular complexity index is 327. The van der Waals surface area contributed by atoms with Crippen molar-refractivity contribution >= 4 is 43.2 Å². The topological polar surface area (TPSA) is 12.0 Å². The summed E-state index contributed by atoms with van der Waals surface area (Å²) >= 11 is 8.54. The second-order valence-electron chi connectivity index (χ2n) is 2.44. The molecule has 70 valence electrons.